The van der Waals surface area contributed by atoms with Crippen LogP contribution in [-0.2, 0) is 10.8 Å². The Morgan fingerprint density at radius 3 is 1.89 bits per heavy atom. The van der Waals surface area contributed by atoms with E-state index in [-0.39, 0.29) is 10.8 Å². The number of benzene rings is 2. The quantitative estimate of drug-likeness (QED) is 0.647. The van der Waals surface area contributed by atoms with Crippen molar-refractivity contribution < 1.29 is 9.84 Å². The Kier molecular flexibility index (Phi) is 6.24. The van der Waals surface area contributed by atoms with Crippen molar-refractivity contribution >= 4 is 18.9 Å². The molecule has 0 atom stereocenters. The smallest absolute Gasteiger partial charge is 0.124 e. The first-order valence-electron chi connectivity index (χ1n) is 10.0. The molecule has 0 amide bonds. The Hall–Kier alpha value is -1.94. The molecule has 154 valence electrons. The molecule has 2 rings (SSSR count). The molecular formula is C24H37NO2Si. The van der Waals surface area contributed by atoms with Gasteiger partial charge in [-0.3, -0.25) is 0 Å². The Morgan fingerprint density at radius 2 is 1.43 bits per heavy atom. The maximum Gasteiger partial charge on any atom is 0.124 e. The highest BCUT2D eigenvalue weighted by molar-refractivity contribution is 6.89. The van der Waals surface area contributed by atoms with Crippen LogP contribution in [0.4, 0.5) is 5.69 Å². The monoisotopic (exact) mass is 399 g/mol. The summed E-state index contributed by atoms with van der Waals surface area (Å²) >= 11 is 0. The van der Waals surface area contributed by atoms with Crippen LogP contribution in [0, 0.1) is 0 Å². The predicted molar refractivity (Wildman–Crippen MR) is 124 cm³/mol. The topological polar surface area (TPSA) is 41.5 Å². The molecular weight excluding hydrogens is 362 g/mol. The first-order valence-corrected chi connectivity index (χ1v) is 13.3. The maximum absolute atomic E-state index is 10.6. The molecule has 0 fully saturated rings. The Morgan fingerprint density at radius 1 is 0.893 bits per heavy atom. The number of ether oxygens (including phenoxy) is 1. The van der Waals surface area contributed by atoms with Crippen molar-refractivity contribution in [2.75, 3.05) is 18.6 Å². The van der Waals surface area contributed by atoms with Crippen LogP contribution in [0.3, 0.4) is 0 Å². The van der Waals surface area contributed by atoms with Crippen LogP contribution >= 0.6 is 0 Å². The summed E-state index contributed by atoms with van der Waals surface area (Å²) in [6, 6.07) is 12.6. The molecule has 0 saturated carbocycles. The van der Waals surface area contributed by atoms with E-state index >= 15 is 0 Å². The lowest BCUT2D eigenvalue weighted by Gasteiger charge is -2.30. The molecule has 0 spiro atoms. The molecule has 0 saturated heterocycles. The van der Waals surface area contributed by atoms with E-state index in [2.05, 4.69) is 84.2 Å². The second-order valence-electron chi connectivity index (χ2n) is 10.4. The number of nitrogens with one attached hydrogen (secondary N) is 1. The lowest BCUT2D eigenvalue weighted by Crippen LogP contribution is -2.47. The fourth-order valence-corrected chi connectivity index (χ4v) is 5.06. The van der Waals surface area contributed by atoms with Gasteiger partial charge < -0.3 is 15.2 Å². The fourth-order valence-electron chi connectivity index (χ4n) is 3.30. The van der Waals surface area contributed by atoms with Crippen molar-refractivity contribution in [2.45, 2.75) is 65.5 Å². The summed E-state index contributed by atoms with van der Waals surface area (Å²) in [7, 11) is 0.168. The lowest BCUT2D eigenvalue weighted by molar-refractivity contribution is 0.360. The molecule has 0 radical (unpaired) electrons. The maximum atomic E-state index is 10.6. The van der Waals surface area contributed by atoms with Crippen molar-refractivity contribution in [3.63, 3.8) is 0 Å². The molecule has 0 heterocycles. The zero-order valence-electron chi connectivity index (χ0n) is 19.0. The van der Waals surface area contributed by atoms with E-state index in [4.69, 9.17) is 4.74 Å². The van der Waals surface area contributed by atoms with Crippen LogP contribution in [0.2, 0.25) is 13.1 Å². The number of aromatic hydroxyl groups is 1. The zero-order valence-corrected chi connectivity index (χ0v) is 20.0. The minimum absolute atomic E-state index is 0.108. The highest BCUT2D eigenvalue weighted by atomic mass is 28.3. The van der Waals surface area contributed by atoms with Gasteiger partial charge >= 0.3 is 0 Å². The van der Waals surface area contributed by atoms with E-state index in [9.17, 15) is 5.11 Å². The minimum Gasteiger partial charge on any atom is -0.508 e. The van der Waals surface area contributed by atoms with Gasteiger partial charge in [-0.05, 0) is 35.1 Å². The summed E-state index contributed by atoms with van der Waals surface area (Å²) in [5.41, 5.74) is 2.84. The molecule has 2 aromatic rings. The van der Waals surface area contributed by atoms with Gasteiger partial charge in [0.1, 0.15) is 19.6 Å². The van der Waals surface area contributed by atoms with Crippen molar-refractivity contribution in [1.29, 1.82) is 0 Å². The molecule has 0 aromatic heterocycles. The normalized spacial score (nSPS) is 12.8. The molecule has 2 aromatic carbocycles. The third-order valence-electron chi connectivity index (χ3n) is 5.26. The summed E-state index contributed by atoms with van der Waals surface area (Å²) in [5.74, 6) is 1.24. The Labute approximate surface area is 172 Å². The van der Waals surface area contributed by atoms with Gasteiger partial charge in [0.2, 0.25) is 0 Å². The Balaban J connectivity index is 2.37. The van der Waals surface area contributed by atoms with Gasteiger partial charge in [-0.15, -0.1) is 0 Å². The van der Waals surface area contributed by atoms with Crippen LogP contribution in [-0.4, -0.2) is 26.5 Å². The van der Waals surface area contributed by atoms with Gasteiger partial charge in [0.05, 0.1) is 6.23 Å². The van der Waals surface area contributed by atoms with E-state index in [1.165, 1.54) is 5.19 Å². The number of hydrogen-bond acceptors (Lipinski definition) is 3. The van der Waals surface area contributed by atoms with Crippen LogP contribution in [0.25, 0.3) is 0 Å². The van der Waals surface area contributed by atoms with Gasteiger partial charge in [-0.1, -0.05) is 72.0 Å². The second-order valence-corrected chi connectivity index (χ2v) is 15.0. The highest BCUT2D eigenvalue weighted by Gasteiger charge is 2.29. The van der Waals surface area contributed by atoms with Crippen molar-refractivity contribution in [3.05, 3.63) is 47.5 Å². The zero-order chi connectivity index (χ0) is 21.3. The average Bonchev–Trinajstić information content (AvgIpc) is 2.58. The standard InChI is InChI=1S/C24H37NO2Si/c1-23(2,3)19-15-22(20(14-21(19)26)24(4,5)6)27-16-28(8,9)18-12-10-17(25-7)11-13-18/h10-15,25-26H,16H2,1-9H3. The predicted octanol–water partition coefficient (Wildman–Crippen LogP) is 5.56. The van der Waals surface area contributed by atoms with Gasteiger partial charge in [0, 0.05) is 23.9 Å². The van der Waals surface area contributed by atoms with E-state index in [0.29, 0.717) is 12.0 Å². The fraction of sp³-hybridized carbons (Fsp3) is 0.500. The van der Waals surface area contributed by atoms with Gasteiger partial charge in [-0.2, -0.15) is 0 Å². The van der Waals surface area contributed by atoms with E-state index < -0.39 is 8.07 Å². The number of phenols is 1. The van der Waals surface area contributed by atoms with E-state index in [1.807, 2.05) is 19.2 Å². The van der Waals surface area contributed by atoms with Crippen LogP contribution in [0.5, 0.6) is 11.5 Å². The molecule has 0 aliphatic rings. The number of phenolic OH excluding ortho intramolecular Hbond substituents is 1. The molecule has 2 N–H and O–H groups in total. The summed E-state index contributed by atoms with van der Waals surface area (Å²) in [6.45, 7) is 17.5. The molecule has 0 aliphatic carbocycles. The van der Waals surface area contributed by atoms with Crippen molar-refractivity contribution in [2.24, 2.45) is 0 Å². The Bertz CT molecular complexity index is 812. The van der Waals surface area contributed by atoms with Crippen LogP contribution < -0.4 is 15.2 Å². The number of anilines is 1. The SMILES string of the molecule is CNc1ccc([Si](C)(C)COc2cc(C(C)(C)C)c(O)cc2C(C)(C)C)cc1. The van der Waals surface area contributed by atoms with Gasteiger partial charge in [-0.25, -0.2) is 0 Å². The molecule has 3 nitrogen and oxygen atoms in total. The molecule has 0 aliphatic heterocycles. The highest BCUT2D eigenvalue weighted by Crippen LogP contribution is 2.40. The summed E-state index contributed by atoms with van der Waals surface area (Å²) in [5, 5.41) is 15.2. The van der Waals surface area contributed by atoms with Crippen LogP contribution in [0.1, 0.15) is 52.7 Å². The minimum atomic E-state index is -1.77. The summed E-state index contributed by atoms with van der Waals surface area (Å²) in [4.78, 5) is 0. The molecule has 28 heavy (non-hydrogen) atoms. The average molecular weight is 400 g/mol. The molecule has 0 unspecified atom stereocenters. The number of rotatable bonds is 5. The van der Waals surface area contributed by atoms with Gasteiger partial charge in [0.15, 0.2) is 0 Å². The van der Waals surface area contributed by atoms with E-state index in [0.717, 1.165) is 22.6 Å². The van der Waals surface area contributed by atoms with Crippen molar-refractivity contribution in [3.8, 4) is 11.5 Å². The number of hydrogen-bond donors (Lipinski definition) is 2. The molecule has 0 bridgehead atoms. The second kappa shape index (κ2) is 7.82. The van der Waals surface area contributed by atoms with E-state index in [1.54, 1.807) is 0 Å². The summed E-state index contributed by atoms with van der Waals surface area (Å²) in [6.07, 6.45) is 0.698. The molecule has 4 heteroatoms. The first kappa shape index (κ1) is 22.3. The third-order valence-corrected chi connectivity index (χ3v) is 8.02. The summed E-state index contributed by atoms with van der Waals surface area (Å²) < 4.78 is 6.47. The lowest BCUT2D eigenvalue weighted by atomic mass is 9.81. The third kappa shape index (κ3) is 5.10. The van der Waals surface area contributed by atoms with Gasteiger partial charge in [0.25, 0.3) is 0 Å². The van der Waals surface area contributed by atoms with Crippen LogP contribution in [0.15, 0.2) is 36.4 Å². The first-order chi connectivity index (χ1) is 12.8. The van der Waals surface area contributed by atoms with Crippen molar-refractivity contribution in [1.82, 2.24) is 0 Å². The largest absolute Gasteiger partial charge is 0.508 e.